The molecule has 154 valence electrons. The summed E-state index contributed by atoms with van der Waals surface area (Å²) >= 11 is 0.893. The quantitative estimate of drug-likeness (QED) is 0.441. The van der Waals surface area contributed by atoms with E-state index in [2.05, 4.69) is 5.32 Å². The number of hydrogen-bond acceptors (Lipinski definition) is 6. The zero-order valence-electron chi connectivity index (χ0n) is 14.7. The summed E-state index contributed by atoms with van der Waals surface area (Å²) in [7, 11) is 0.740. The van der Waals surface area contributed by atoms with Gasteiger partial charge in [-0.15, -0.1) is 11.3 Å². The van der Waals surface area contributed by atoms with Gasteiger partial charge in [-0.25, -0.2) is 4.79 Å². The van der Waals surface area contributed by atoms with Gasteiger partial charge in [0.25, 0.3) is 11.4 Å². The molecule has 8 nitrogen and oxygen atoms in total. The molecular weight excluding hydrogens is 415 g/mol. The number of halogens is 3. The van der Waals surface area contributed by atoms with Gasteiger partial charge in [0.05, 0.1) is 15.8 Å². The van der Waals surface area contributed by atoms with Gasteiger partial charge in [0.15, 0.2) is 5.78 Å². The van der Waals surface area contributed by atoms with Crippen LogP contribution in [0.5, 0.6) is 0 Å². The second-order valence-corrected chi connectivity index (χ2v) is 7.33. The van der Waals surface area contributed by atoms with E-state index >= 15 is 0 Å². The number of nitrogens with one attached hydrogen (secondary N) is 1. The molecule has 0 saturated carbocycles. The SMILES string of the molecule is CN1C(=O)N[C@H](c2ccc([N+](=O)[O-])cc2)[C@@H](C(=O)c2cccs2)[C@@]1(O)C(F)(F)F. The molecular formula is C17H14F3N3O5S. The van der Waals surface area contributed by atoms with E-state index in [-0.39, 0.29) is 21.0 Å². The van der Waals surface area contributed by atoms with Crippen LogP contribution in [0, 0.1) is 16.0 Å². The topological polar surface area (TPSA) is 113 Å². The summed E-state index contributed by atoms with van der Waals surface area (Å²) < 4.78 is 41.9. The number of amides is 2. The Balaban J connectivity index is 2.17. The van der Waals surface area contributed by atoms with Crippen LogP contribution in [-0.4, -0.2) is 45.7 Å². The lowest BCUT2D eigenvalue weighted by atomic mass is 9.78. The molecule has 1 saturated heterocycles. The molecule has 2 heterocycles. The number of alkyl halides is 3. The number of non-ortho nitro benzene ring substituents is 1. The van der Waals surface area contributed by atoms with Gasteiger partial charge in [-0.2, -0.15) is 13.2 Å². The highest BCUT2D eigenvalue weighted by Crippen LogP contribution is 2.47. The number of rotatable bonds is 4. The summed E-state index contributed by atoms with van der Waals surface area (Å²) in [5.74, 6) is -3.17. The van der Waals surface area contributed by atoms with Crippen molar-refractivity contribution in [2.45, 2.75) is 17.9 Å². The molecule has 1 aromatic carbocycles. The van der Waals surface area contributed by atoms with Crippen molar-refractivity contribution in [3.05, 3.63) is 62.3 Å². The Bertz CT molecular complexity index is 948. The molecule has 1 aliphatic rings. The second-order valence-electron chi connectivity index (χ2n) is 6.38. The van der Waals surface area contributed by atoms with Crippen molar-refractivity contribution in [1.29, 1.82) is 0 Å². The standard InChI is InChI=1S/C17H14F3N3O5S/c1-22-15(25)21-13(9-4-6-10(7-5-9)23(27)28)12(16(22,26)17(18,19)20)14(24)11-3-2-8-29-11/h2-8,12-13,26H,1H3,(H,21,25)/t12-,13+,16+/m0/s1. The molecule has 0 spiro atoms. The van der Waals surface area contributed by atoms with Crippen molar-refractivity contribution in [2.24, 2.45) is 5.92 Å². The maximum atomic E-state index is 14.0. The first-order chi connectivity index (χ1) is 13.5. The van der Waals surface area contributed by atoms with E-state index in [1.54, 1.807) is 0 Å². The molecule has 0 bridgehead atoms. The summed E-state index contributed by atoms with van der Waals surface area (Å²) in [5.41, 5.74) is -4.10. The van der Waals surface area contributed by atoms with Crippen LogP contribution < -0.4 is 5.32 Å². The number of carbonyl (C=O) groups excluding carboxylic acids is 2. The molecule has 0 aliphatic carbocycles. The number of nitro benzene ring substituents is 1. The molecule has 0 unspecified atom stereocenters. The number of benzene rings is 1. The lowest BCUT2D eigenvalue weighted by molar-refractivity contribution is -0.384. The molecule has 29 heavy (non-hydrogen) atoms. The van der Waals surface area contributed by atoms with Gasteiger partial charge in [0, 0.05) is 19.2 Å². The summed E-state index contributed by atoms with van der Waals surface area (Å²) in [6.07, 6.45) is -5.35. The van der Waals surface area contributed by atoms with Gasteiger partial charge >= 0.3 is 12.2 Å². The van der Waals surface area contributed by atoms with Crippen molar-refractivity contribution in [1.82, 2.24) is 10.2 Å². The number of Topliss-reactive ketones (excluding diaryl/α,β-unsaturated/α-hetero) is 1. The Morgan fingerprint density at radius 1 is 1.31 bits per heavy atom. The molecule has 2 aromatic rings. The Morgan fingerprint density at radius 2 is 1.93 bits per heavy atom. The second kappa shape index (κ2) is 7.12. The van der Waals surface area contributed by atoms with E-state index in [1.807, 2.05) is 0 Å². The highest BCUT2D eigenvalue weighted by molar-refractivity contribution is 7.12. The van der Waals surface area contributed by atoms with Crippen molar-refractivity contribution >= 4 is 28.8 Å². The van der Waals surface area contributed by atoms with Crippen LogP contribution >= 0.6 is 11.3 Å². The fourth-order valence-corrected chi connectivity index (χ4v) is 3.96. The third-order valence-corrected chi connectivity index (χ3v) is 5.67. The zero-order valence-corrected chi connectivity index (χ0v) is 15.5. The number of nitrogens with zero attached hydrogens (tertiary/aromatic N) is 2. The van der Waals surface area contributed by atoms with E-state index < -0.39 is 40.6 Å². The fraction of sp³-hybridized carbons (Fsp3) is 0.294. The molecule has 1 aromatic heterocycles. The summed E-state index contributed by atoms with van der Waals surface area (Å²) in [5, 5.41) is 25.3. The molecule has 0 radical (unpaired) electrons. The number of carbonyl (C=O) groups is 2. The normalized spacial score (nSPS) is 24.9. The molecule has 3 rings (SSSR count). The molecule has 1 fully saturated rings. The molecule has 3 atom stereocenters. The first kappa shape index (κ1) is 20.7. The van der Waals surface area contributed by atoms with Gasteiger partial charge in [-0.05, 0) is 17.0 Å². The fourth-order valence-electron chi connectivity index (χ4n) is 3.26. The Labute approximate surface area is 165 Å². The predicted molar refractivity (Wildman–Crippen MR) is 95.3 cm³/mol. The monoisotopic (exact) mass is 429 g/mol. The lowest BCUT2D eigenvalue weighted by Crippen LogP contribution is -2.72. The maximum Gasteiger partial charge on any atom is 0.437 e. The van der Waals surface area contributed by atoms with Crippen molar-refractivity contribution in [2.75, 3.05) is 7.05 Å². The molecule has 1 aliphatic heterocycles. The van der Waals surface area contributed by atoms with Crippen molar-refractivity contribution in [3.8, 4) is 0 Å². The maximum absolute atomic E-state index is 14.0. The number of aliphatic hydroxyl groups is 1. The minimum atomic E-state index is -5.35. The molecule has 2 amide bonds. The van der Waals surface area contributed by atoms with E-state index in [9.17, 15) is 38.0 Å². The highest BCUT2D eigenvalue weighted by atomic mass is 32.1. The number of urea groups is 1. The van der Waals surface area contributed by atoms with Crippen LogP contribution in [0.2, 0.25) is 0 Å². The van der Waals surface area contributed by atoms with Gasteiger partial charge in [-0.3, -0.25) is 19.8 Å². The van der Waals surface area contributed by atoms with Crippen molar-refractivity contribution < 1.29 is 32.8 Å². The largest absolute Gasteiger partial charge is 0.437 e. The van der Waals surface area contributed by atoms with Crippen LogP contribution in [0.25, 0.3) is 0 Å². The van der Waals surface area contributed by atoms with Crippen LogP contribution in [0.1, 0.15) is 21.3 Å². The number of ketones is 1. The van der Waals surface area contributed by atoms with Gasteiger partial charge in [-0.1, -0.05) is 18.2 Å². The average molecular weight is 429 g/mol. The van der Waals surface area contributed by atoms with E-state index in [4.69, 9.17) is 0 Å². The molecule has 2 N–H and O–H groups in total. The number of thiophene rings is 1. The van der Waals surface area contributed by atoms with Crippen LogP contribution in [0.3, 0.4) is 0 Å². The average Bonchev–Trinajstić information content (AvgIpc) is 3.19. The highest BCUT2D eigenvalue weighted by Gasteiger charge is 2.69. The van der Waals surface area contributed by atoms with Crippen LogP contribution in [-0.2, 0) is 0 Å². The van der Waals surface area contributed by atoms with E-state index in [1.165, 1.54) is 17.5 Å². The van der Waals surface area contributed by atoms with E-state index in [0.29, 0.717) is 0 Å². The minimum Gasteiger partial charge on any atom is -0.363 e. The predicted octanol–water partition coefficient (Wildman–Crippen LogP) is 3.10. The van der Waals surface area contributed by atoms with Crippen LogP contribution in [0.15, 0.2) is 41.8 Å². The van der Waals surface area contributed by atoms with Gasteiger partial charge < -0.3 is 10.4 Å². The summed E-state index contributed by atoms with van der Waals surface area (Å²) in [6, 6.07) is 4.32. The summed E-state index contributed by atoms with van der Waals surface area (Å²) in [6.45, 7) is 0. The minimum absolute atomic E-state index is 0.00892. The Kier molecular flexibility index (Phi) is 5.09. The van der Waals surface area contributed by atoms with E-state index in [0.717, 1.165) is 42.6 Å². The lowest BCUT2D eigenvalue weighted by Gasteiger charge is -2.49. The smallest absolute Gasteiger partial charge is 0.363 e. The third-order valence-electron chi connectivity index (χ3n) is 4.79. The van der Waals surface area contributed by atoms with Gasteiger partial charge in [0.1, 0.15) is 5.92 Å². The summed E-state index contributed by atoms with van der Waals surface area (Å²) in [4.78, 5) is 35.4. The zero-order chi connectivity index (χ0) is 21.6. The van der Waals surface area contributed by atoms with Crippen LogP contribution in [0.4, 0.5) is 23.7 Å². The van der Waals surface area contributed by atoms with Crippen molar-refractivity contribution in [3.63, 3.8) is 0 Å². The van der Waals surface area contributed by atoms with Gasteiger partial charge in [0.2, 0.25) is 0 Å². The number of nitro groups is 1. The molecule has 12 heteroatoms. The first-order valence-corrected chi connectivity index (χ1v) is 9.02. The Hall–Kier alpha value is -2.99. The third kappa shape index (κ3) is 3.34. The first-order valence-electron chi connectivity index (χ1n) is 8.14. The Morgan fingerprint density at radius 3 is 2.41 bits per heavy atom. The number of hydrogen-bond donors (Lipinski definition) is 2.